The summed E-state index contributed by atoms with van der Waals surface area (Å²) in [5, 5.41) is 1.76. The van der Waals surface area contributed by atoms with Crippen LogP contribution in [0.2, 0.25) is 5.02 Å². The first kappa shape index (κ1) is 13.4. The summed E-state index contributed by atoms with van der Waals surface area (Å²) in [5.41, 5.74) is 3.59. The van der Waals surface area contributed by atoms with Crippen LogP contribution in [0, 0.1) is 6.85 Å². The van der Waals surface area contributed by atoms with Crippen molar-refractivity contribution in [1.82, 2.24) is 9.97 Å². The second-order valence-electron chi connectivity index (χ2n) is 5.53. The molecule has 0 saturated heterocycles. The molecule has 0 spiro atoms. The number of halogens is 2. The molecule has 2 aromatic rings. The lowest BCUT2D eigenvalue weighted by Gasteiger charge is -2.30. The van der Waals surface area contributed by atoms with Gasteiger partial charge in [0.25, 0.3) is 0 Å². The molecule has 1 aliphatic heterocycles. The van der Waals surface area contributed by atoms with Gasteiger partial charge in [-0.3, -0.25) is 10.3 Å². The predicted molar refractivity (Wildman–Crippen MR) is 98.0 cm³/mol. The summed E-state index contributed by atoms with van der Waals surface area (Å²) in [4.78, 5) is 24.2. The van der Waals surface area contributed by atoms with Crippen LogP contribution < -0.4 is 15.8 Å². The molecule has 10 heteroatoms. The zero-order valence-electron chi connectivity index (χ0n) is 18.8. The molecule has 0 radical (unpaired) electrons. The lowest BCUT2D eigenvalue weighted by molar-refractivity contribution is 0.0807. The number of nitrogens with zero attached hydrogens (tertiary/aromatic N) is 3. The third-order valence-corrected chi connectivity index (χ3v) is 3.70. The Balaban J connectivity index is 1.87. The van der Waals surface area contributed by atoms with E-state index in [2.05, 4.69) is 20.3 Å². The van der Waals surface area contributed by atoms with Gasteiger partial charge in [-0.15, -0.1) is 0 Å². The van der Waals surface area contributed by atoms with Crippen molar-refractivity contribution in [3.63, 3.8) is 0 Å². The molecule has 8 nitrogen and oxygen atoms in total. The van der Waals surface area contributed by atoms with Crippen molar-refractivity contribution in [2.45, 2.75) is 12.4 Å². The summed E-state index contributed by atoms with van der Waals surface area (Å²) in [6.07, 6.45) is -1.84. The molecule has 0 saturated carbocycles. The first-order valence-corrected chi connectivity index (χ1v) is 7.96. The molecule has 1 amide bonds. The van der Waals surface area contributed by atoms with E-state index in [1.54, 1.807) is 0 Å². The highest BCUT2D eigenvalue weighted by molar-refractivity contribution is 6.30. The minimum absolute atomic E-state index is 0.0574. The van der Waals surface area contributed by atoms with Gasteiger partial charge in [0, 0.05) is 15.8 Å². The standard InChI is InChI=1S/C17H17ClFN5O3/c1-10-5-11(18)6-21-15(10)27-16(25)23-14-4-2-3-12(22-14)17(8-19)9-26-7-13(20)24-17/h2-6H,7-9H2,1H3,(H2,20,24)(H,22,23,25)/i1D3,5D,6D. The van der Waals surface area contributed by atoms with Crippen molar-refractivity contribution >= 4 is 29.3 Å². The number of aromatic nitrogens is 2. The number of rotatable bonds is 4. The molecule has 3 N–H and O–H groups in total. The number of hydrogen-bond acceptors (Lipinski definition) is 7. The zero-order valence-corrected chi connectivity index (χ0v) is 14.5. The number of carbonyl (C=O) groups excluding carboxylic acids is 1. The summed E-state index contributed by atoms with van der Waals surface area (Å²) in [5.74, 6) is -0.741. The Morgan fingerprint density at radius 2 is 2.48 bits per heavy atom. The number of pyridine rings is 2. The first-order chi connectivity index (χ1) is 15.0. The second kappa shape index (κ2) is 7.85. The van der Waals surface area contributed by atoms with Crippen LogP contribution in [0.15, 0.2) is 35.4 Å². The average Bonchev–Trinajstić information content (AvgIpc) is 2.71. The maximum atomic E-state index is 13.8. The van der Waals surface area contributed by atoms with Crippen LogP contribution in [0.1, 0.15) is 18.1 Å². The largest absolute Gasteiger partial charge is 0.419 e. The number of nitrogens with two attached hydrogens (primary N) is 1. The highest BCUT2D eigenvalue weighted by atomic mass is 35.5. The summed E-state index contributed by atoms with van der Waals surface area (Å²) in [6, 6.07) is 3.63. The number of amidine groups is 1. The summed E-state index contributed by atoms with van der Waals surface area (Å²) >= 11 is 5.74. The van der Waals surface area contributed by atoms with Gasteiger partial charge in [-0.2, -0.15) is 0 Å². The number of nitrogens with one attached hydrogen (secondary N) is 1. The lowest BCUT2D eigenvalue weighted by Crippen LogP contribution is -2.42. The van der Waals surface area contributed by atoms with Gasteiger partial charge in [0.1, 0.15) is 24.9 Å². The molecule has 0 aromatic carbocycles. The summed E-state index contributed by atoms with van der Waals surface area (Å²) < 4.78 is 62.2. The molecule has 1 atom stereocenters. The van der Waals surface area contributed by atoms with E-state index in [-0.39, 0.29) is 30.6 Å². The molecule has 1 aliphatic rings. The van der Waals surface area contributed by atoms with Gasteiger partial charge in [0.2, 0.25) is 5.88 Å². The van der Waals surface area contributed by atoms with Crippen LogP contribution in [-0.2, 0) is 10.3 Å². The van der Waals surface area contributed by atoms with Crippen LogP contribution >= 0.6 is 11.6 Å². The molecule has 1 unspecified atom stereocenters. The normalized spacial score (nSPS) is 22.4. The Labute approximate surface area is 166 Å². The fraction of sp³-hybridized carbons (Fsp3) is 0.294. The van der Waals surface area contributed by atoms with E-state index < -0.39 is 53.8 Å². The molecular weight excluding hydrogens is 377 g/mol. The second-order valence-corrected chi connectivity index (χ2v) is 5.90. The highest BCUT2D eigenvalue weighted by Gasteiger charge is 2.37. The molecule has 2 aromatic heterocycles. The fourth-order valence-corrected chi connectivity index (χ4v) is 2.47. The summed E-state index contributed by atoms with van der Waals surface area (Å²) in [6.45, 7) is -3.90. The number of hydrogen-bond donors (Lipinski definition) is 2. The minimum atomic E-state index is -2.89. The van der Waals surface area contributed by atoms with E-state index >= 15 is 0 Å². The molecule has 27 heavy (non-hydrogen) atoms. The van der Waals surface area contributed by atoms with Gasteiger partial charge in [-0.05, 0) is 25.0 Å². The molecule has 3 heterocycles. The van der Waals surface area contributed by atoms with Crippen molar-refractivity contribution in [2.24, 2.45) is 10.7 Å². The maximum Gasteiger partial charge on any atom is 0.419 e. The van der Waals surface area contributed by atoms with Gasteiger partial charge in [-0.1, -0.05) is 17.7 Å². The Morgan fingerprint density at radius 3 is 3.22 bits per heavy atom. The number of carbonyl (C=O) groups is 1. The Kier molecular flexibility index (Phi) is 3.89. The average molecular weight is 399 g/mol. The van der Waals surface area contributed by atoms with E-state index in [1.165, 1.54) is 18.2 Å². The van der Waals surface area contributed by atoms with Gasteiger partial charge < -0.3 is 15.2 Å². The van der Waals surface area contributed by atoms with Gasteiger partial charge in [0.15, 0.2) is 5.54 Å². The van der Waals surface area contributed by atoms with Crippen LogP contribution in [-0.4, -0.2) is 41.8 Å². The van der Waals surface area contributed by atoms with Crippen LogP contribution in [0.4, 0.5) is 15.0 Å². The quantitative estimate of drug-likeness (QED) is 0.818. The molecule has 0 fully saturated rings. The van der Waals surface area contributed by atoms with E-state index in [4.69, 9.17) is 33.7 Å². The number of amides is 1. The van der Waals surface area contributed by atoms with Crippen molar-refractivity contribution in [3.8, 4) is 5.88 Å². The minimum Gasteiger partial charge on any atom is -0.391 e. The topological polar surface area (TPSA) is 112 Å². The molecule has 3 rings (SSSR count). The van der Waals surface area contributed by atoms with E-state index in [9.17, 15) is 9.18 Å². The summed E-state index contributed by atoms with van der Waals surface area (Å²) in [7, 11) is 0. The molecule has 0 aliphatic carbocycles. The maximum absolute atomic E-state index is 13.8. The molecule has 142 valence electrons. The van der Waals surface area contributed by atoms with E-state index in [1.807, 2.05) is 0 Å². The number of anilines is 1. The molecule has 0 bridgehead atoms. The predicted octanol–water partition coefficient (Wildman–Crippen LogP) is 2.60. The lowest BCUT2D eigenvalue weighted by atomic mass is 9.97. The SMILES string of the molecule is [2H]c1nc(OC(=O)Nc2cccc(C3(CF)COCC(N)=N3)n2)c(C([2H])([2H])[2H])c([2H])c1Cl. The number of ether oxygens (including phenoxy) is 2. The van der Waals surface area contributed by atoms with Gasteiger partial charge in [-0.25, -0.2) is 19.2 Å². The third kappa shape index (κ3) is 4.32. The van der Waals surface area contributed by atoms with E-state index in [0.29, 0.717) is 0 Å². The first-order valence-electron chi connectivity index (χ1n) is 10.1. The third-order valence-electron chi connectivity index (χ3n) is 3.52. The van der Waals surface area contributed by atoms with Crippen LogP contribution in [0.25, 0.3) is 0 Å². The highest BCUT2D eigenvalue weighted by Crippen LogP contribution is 2.29. The van der Waals surface area contributed by atoms with E-state index in [0.717, 1.165) is 0 Å². The molecular formula is C17H17ClFN5O3. The van der Waals surface area contributed by atoms with Crippen molar-refractivity contribution in [3.05, 3.63) is 46.7 Å². The van der Waals surface area contributed by atoms with Crippen LogP contribution in [0.5, 0.6) is 5.88 Å². The van der Waals surface area contributed by atoms with Crippen molar-refractivity contribution in [1.29, 1.82) is 0 Å². The van der Waals surface area contributed by atoms with Crippen LogP contribution in [0.3, 0.4) is 0 Å². The van der Waals surface area contributed by atoms with Gasteiger partial charge in [0.05, 0.1) is 20.1 Å². The zero-order chi connectivity index (χ0) is 23.7. The Morgan fingerprint density at radius 1 is 1.63 bits per heavy atom. The fourth-order valence-electron chi connectivity index (χ4n) is 2.33. The van der Waals surface area contributed by atoms with Crippen molar-refractivity contribution in [2.75, 3.05) is 25.2 Å². The smallest absolute Gasteiger partial charge is 0.391 e. The van der Waals surface area contributed by atoms with Crippen molar-refractivity contribution < 1.29 is 25.5 Å². The van der Waals surface area contributed by atoms with Gasteiger partial charge >= 0.3 is 6.09 Å². The Bertz CT molecular complexity index is 1090. The monoisotopic (exact) mass is 398 g/mol. The Hall–Kier alpha value is -2.78. The number of aliphatic imine (C=N–C) groups is 1. The number of alkyl halides is 1.